The molecule has 0 saturated carbocycles. The van der Waals surface area contributed by atoms with E-state index in [9.17, 15) is 17.2 Å². The van der Waals surface area contributed by atoms with Crippen LogP contribution in [0.2, 0.25) is 0 Å². The molecule has 1 rings (SSSR count). The van der Waals surface area contributed by atoms with Crippen LogP contribution in [0.15, 0.2) is 23.1 Å². The molecule has 3 nitrogen and oxygen atoms in total. The van der Waals surface area contributed by atoms with Gasteiger partial charge in [-0.1, -0.05) is 0 Å². The average molecular weight is 310 g/mol. The second-order valence-electron chi connectivity index (χ2n) is 2.23. The van der Waals surface area contributed by atoms with Crippen molar-refractivity contribution in [1.82, 2.24) is 0 Å². The maximum atomic E-state index is 12.9. The molecule has 0 bridgehead atoms. The molecule has 0 aliphatic rings. The minimum Gasteiger partial charge on any atom is -0.547 e. The summed E-state index contributed by atoms with van der Waals surface area (Å²) >= 11 is 0. The molecule has 0 saturated heterocycles. The zero-order chi connectivity index (χ0) is 10.1. The first kappa shape index (κ1) is 17.5. The van der Waals surface area contributed by atoms with Crippen molar-refractivity contribution >= 4 is 10.0 Å². The minimum atomic E-state index is -3.96. The smallest absolute Gasteiger partial charge is 0.143 e. The van der Waals surface area contributed by atoms with Gasteiger partial charge in [-0.05, 0) is 12.1 Å². The van der Waals surface area contributed by atoms with E-state index in [0.717, 1.165) is 19.2 Å². The Morgan fingerprint density at radius 1 is 1.27 bits per heavy atom. The van der Waals surface area contributed by atoms with Crippen molar-refractivity contribution in [2.45, 2.75) is 4.90 Å². The van der Waals surface area contributed by atoms with Crippen molar-refractivity contribution < 1.29 is 49.9 Å². The van der Waals surface area contributed by atoms with Crippen LogP contribution in [0.3, 0.4) is 0 Å². The molecule has 0 aromatic heterocycles. The van der Waals surface area contributed by atoms with E-state index in [-0.39, 0.29) is 40.1 Å². The molecule has 1 radical (unpaired) electrons. The SMILES string of the molecule is C[N-]S(=O)(=O)c1ccc(F)cc1F.[CH3-].[Y]. The van der Waals surface area contributed by atoms with Gasteiger partial charge in [-0.25, -0.2) is 17.2 Å². The zero-order valence-electron chi connectivity index (χ0n) is 8.24. The molecule has 7 heteroatoms. The molecule has 83 valence electrons. The van der Waals surface area contributed by atoms with Gasteiger partial charge in [0.05, 0.1) is 4.90 Å². The third-order valence-corrected chi connectivity index (χ3v) is 2.78. The molecule has 0 aliphatic heterocycles. The van der Waals surface area contributed by atoms with Crippen molar-refractivity contribution in [3.8, 4) is 0 Å². The Labute approximate surface area is 113 Å². The minimum absolute atomic E-state index is 0. The van der Waals surface area contributed by atoms with Gasteiger partial charge in [-0.15, -0.1) is 0 Å². The largest absolute Gasteiger partial charge is 0.547 e. The summed E-state index contributed by atoms with van der Waals surface area (Å²) in [4.78, 5) is -0.614. The van der Waals surface area contributed by atoms with Gasteiger partial charge in [0.2, 0.25) is 0 Å². The number of hydrogen-bond acceptors (Lipinski definition) is 2. The molecule has 0 amide bonds. The molecule has 0 aliphatic carbocycles. The number of halogens is 2. The quantitative estimate of drug-likeness (QED) is 0.786. The maximum Gasteiger partial charge on any atom is 0.143 e. The van der Waals surface area contributed by atoms with Crippen molar-refractivity contribution in [2.75, 3.05) is 7.05 Å². The molecule has 0 N–H and O–H groups in total. The fourth-order valence-electron chi connectivity index (χ4n) is 0.783. The Bertz CT molecular complexity index is 423. The van der Waals surface area contributed by atoms with Gasteiger partial charge < -0.3 is 12.1 Å². The molecular weight excluding hydrogens is 301 g/mol. The molecule has 0 fully saturated rings. The standard InChI is InChI=1S/C7H6F2NO2S.CH3.Y/c1-10-13(11,12)7-3-2-5(8)4-6(7)9;;/h2-4H,1H3;1H3;/q2*-1;. The van der Waals surface area contributed by atoms with E-state index < -0.39 is 26.6 Å². The Balaban J connectivity index is 0. The molecule has 0 atom stereocenters. The summed E-state index contributed by atoms with van der Waals surface area (Å²) in [5, 5.41) is 0. The van der Waals surface area contributed by atoms with Crippen LogP contribution in [-0.2, 0) is 42.7 Å². The molecule has 1 aromatic rings. The fraction of sp³-hybridized carbons (Fsp3) is 0.125. The molecule has 0 heterocycles. The van der Waals surface area contributed by atoms with Gasteiger partial charge in [-0.3, -0.25) is 0 Å². The van der Waals surface area contributed by atoms with Crippen LogP contribution in [0.4, 0.5) is 8.78 Å². The van der Waals surface area contributed by atoms with E-state index in [0.29, 0.717) is 6.07 Å². The fourth-order valence-corrected chi connectivity index (χ4v) is 1.52. The Hall–Kier alpha value is 0.0939. The first-order chi connectivity index (χ1) is 5.97. The van der Waals surface area contributed by atoms with Crippen LogP contribution in [0.25, 0.3) is 4.72 Å². The second-order valence-corrected chi connectivity index (χ2v) is 3.99. The summed E-state index contributed by atoms with van der Waals surface area (Å²) in [6.45, 7) is 0. The topological polar surface area (TPSA) is 48.2 Å². The van der Waals surface area contributed by atoms with Crippen LogP contribution < -0.4 is 0 Å². The van der Waals surface area contributed by atoms with Crippen molar-refractivity contribution in [2.24, 2.45) is 0 Å². The number of benzene rings is 1. The third-order valence-electron chi connectivity index (χ3n) is 1.41. The summed E-state index contributed by atoms with van der Waals surface area (Å²) in [6.07, 6.45) is 0. The number of nitrogens with zero attached hydrogens (tertiary/aromatic N) is 1. The monoisotopic (exact) mass is 310 g/mol. The first-order valence-electron chi connectivity index (χ1n) is 3.28. The van der Waals surface area contributed by atoms with E-state index in [1.54, 1.807) is 0 Å². The van der Waals surface area contributed by atoms with Crippen LogP contribution in [0.5, 0.6) is 0 Å². The van der Waals surface area contributed by atoms with Crippen molar-refractivity contribution in [1.29, 1.82) is 0 Å². The summed E-state index contributed by atoms with van der Waals surface area (Å²) in [7, 11) is -2.94. The molecular formula is C8H9F2NO2SY-2. The normalized spacial score (nSPS) is 10.1. The van der Waals surface area contributed by atoms with E-state index in [2.05, 4.69) is 4.72 Å². The molecule has 0 unspecified atom stereocenters. The Morgan fingerprint density at radius 2 is 1.80 bits per heavy atom. The van der Waals surface area contributed by atoms with Gasteiger partial charge >= 0.3 is 0 Å². The van der Waals surface area contributed by atoms with E-state index >= 15 is 0 Å². The van der Waals surface area contributed by atoms with Crippen LogP contribution in [0.1, 0.15) is 0 Å². The molecule has 1 aromatic carbocycles. The van der Waals surface area contributed by atoms with Crippen molar-refractivity contribution in [3.05, 3.63) is 42.0 Å². The average Bonchev–Trinajstić information content (AvgIpc) is 2.03. The van der Waals surface area contributed by atoms with Crippen molar-refractivity contribution in [3.63, 3.8) is 0 Å². The van der Waals surface area contributed by atoms with Crippen LogP contribution in [-0.4, -0.2) is 15.5 Å². The predicted molar refractivity (Wildman–Crippen MR) is 49.2 cm³/mol. The van der Waals surface area contributed by atoms with Gasteiger partial charge in [0.25, 0.3) is 0 Å². The third kappa shape index (κ3) is 4.22. The maximum absolute atomic E-state index is 12.9. The van der Waals surface area contributed by atoms with Crippen LogP contribution in [0, 0.1) is 19.1 Å². The Kier molecular flexibility index (Phi) is 7.73. The Morgan fingerprint density at radius 3 is 2.20 bits per heavy atom. The summed E-state index contributed by atoms with van der Waals surface area (Å²) in [5.41, 5.74) is 0. The number of hydrogen-bond donors (Lipinski definition) is 0. The van der Waals surface area contributed by atoms with Gasteiger partial charge in [-0.2, -0.15) is 7.05 Å². The van der Waals surface area contributed by atoms with Crippen LogP contribution >= 0.6 is 0 Å². The predicted octanol–water partition coefficient (Wildman–Crippen LogP) is 2.10. The van der Waals surface area contributed by atoms with Gasteiger partial charge in [0.15, 0.2) is 0 Å². The molecule has 0 spiro atoms. The second kappa shape index (κ2) is 6.63. The number of rotatable bonds is 2. The number of sulfonamides is 1. The summed E-state index contributed by atoms with van der Waals surface area (Å²) in [5.74, 6) is -1.96. The van der Waals surface area contributed by atoms with Gasteiger partial charge in [0, 0.05) is 38.8 Å². The van der Waals surface area contributed by atoms with Gasteiger partial charge in [0.1, 0.15) is 21.7 Å². The first-order valence-corrected chi connectivity index (χ1v) is 4.72. The van der Waals surface area contributed by atoms with E-state index in [1.807, 2.05) is 0 Å². The van der Waals surface area contributed by atoms with E-state index in [1.165, 1.54) is 0 Å². The molecule has 15 heavy (non-hydrogen) atoms. The zero-order valence-corrected chi connectivity index (χ0v) is 11.9. The summed E-state index contributed by atoms with van der Waals surface area (Å²) < 4.78 is 50.2. The summed E-state index contributed by atoms with van der Waals surface area (Å²) in [6, 6.07) is 2.20. The van der Waals surface area contributed by atoms with E-state index in [4.69, 9.17) is 0 Å².